The molecule has 0 N–H and O–H groups in total. The van der Waals surface area contributed by atoms with Crippen molar-refractivity contribution in [3.8, 4) is 0 Å². The van der Waals surface area contributed by atoms with Crippen LogP contribution in [0.25, 0.3) is 0 Å². The predicted octanol–water partition coefficient (Wildman–Crippen LogP) is 1.16. The van der Waals surface area contributed by atoms with E-state index in [2.05, 4.69) is 4.74 Å². The summed E-state index contributed by atoms with van der Waals surface area (Å²) in [4.78, 5) is 10.9. The third-order valence-corrected chi connectivity index (χ3v) is 1.51. The second kappa shape index (κ2) is 3.64. The van der Waals surface area contributed by atoms with Gasteiger partial charge in [-0.1, -0.05) is 6.32 Å². The van der Waals surface area contributed by atoms with Gasteiger partial charge in [-0.05, 0) is 20.3 Å². The van der Waals surface area contributed by atoms with E-state index in [0.717, 1.165) is 0 Å². The number of methoxy groups -OCH3 is 1. The molecule has 3 heteroatoms. The van der Waals surface area contributed by atoms with Crippen molar-refractivity contribution in [1.29, 1.82) is 0 Å². The zero-order valence-electron chi connectivity index (χ0n) is 6.81. The maximum atomic E-state index is 10.9. The summed E-state index contributed by atoms with van der Waals surface area (Å²) < 4.78 is 4.57. The second-order valence-electron chi connectivity index (χ2n) is 2.91. The first-order valence-electron chi connectivity index (χ1n) is 3.33. The van der Waals surface area contributed by atoms with Crippen molar-refractivity contribution in [3.05, 3.63) is 0 Å². The Kier molecular flexibility index (Phi) is 3.47. The molecule has 0 saturated carbocycles. The topological polar surface area (TPSA) is 26.3 Å². The standard InChI is InChI=1S/C7H13BO2/c1-7(2,4-5-8)6(9)10-3/h4-5H2,1-3H3. The van der Waals surface area contributed by atoms with Crippen LogP contribution in [-0.4, -0.2) is 20.9 Å². The summed E-state index contributed by atoms with van der Waals surface area (Å²) in [5.41, 5.74) is -0.427. The maximum Gasteiger partial charge on any atom is 0.311 e. The first-order chi connectivity index (χ1) is 4.54. The number of hydrogen-bond acceptors (Lipinski definition) is 2. The molecule has 0 aromatic heterocycles. The van der Waals surface area contributed by atoms with E-state index in [1.165, 1.54) is 7.11 Å². The first kappa shape index (κ1) is 9.53. The summed E-state index contributed by atoms with van der Waals surface area (Å²) in [5, 5.41) is 0. The molecule has 0 aliphatic carbocycles. The van der Waals surface area contributed by atoms with E-state index in [4.69, 9.17) is 7.85 Å². The van der Waals surface area contributed by atoms with Crippen LogP contribution in [0.15, 0.2) is 0 Å². The molecule has 0 aromatic carbocycles. The molecular weight excluding hydrogens is 127 g/mol. The van der Waals surface area contributed by atoms with E-state index < -0.39 is 5.41 Å². The molecule has 56 valence electrons. The van der Waals surface area contributed by atoms with Gasteiger partial charge in [0.05, 0.1) is 20.4 Å². The van der Waals surface area contributed by atoms with Gasteiger partial charge in [-0.25, -0.2) is 0 Å². The normalized spacial score (nSPS) is 11.1. The molecule has 0 spiro atoms. The third-order valence-electron chi connectivity index (χ3n) is 1.51. The van der Waals surface area contributed by atoms with Crippen LogP contribution in [-0.2, 0) is 9.53 Å². The predicted molar refractivity (Wildman–Crippen MR) is 41.0 cm³/mol. The quantitative estimate of drug-likeness (QED) is 0.434. The van der Waals surface area contributed by atoms with Crippen LogP contribution >= 0.6 is 0 Å². The van der Waals surface area contributed by atoms with Gasteiger partial charge in [-0.2, -0.15) is 0 Å². The summed E-state index contributed by atoms with van der Waals surface area (Å²) in [6.45, 7) is 3.65. The van der Waals surface area contributed by atoms with Crippen molar-refractivity contribution in [2.75, 3.05) is 7.11 Å². The van der Waals surface area contributed by atoms with Crippen molar-refractivity contribution in [2.24, 2.45) is 5.41 Å². The third kappa shape index (κ3) is 2.42. The van der Waals surface area contributed by atoms with E-state index >= 15 is 0 Å². The molecule has 0 amide bonds. The molecule has 0 aromatic rings. The SMILES string of the molecule is [B]CCC(C)(C)C(=O)OC. The highest BCUT2D eigenvalue weighted by Crippen LogP contribution is 2.22. The van der Waals surface area contributed by atoms with Crippen molar-refractivity contribution in [1.82, 2.24) is 0 Å². The average molecular weight is 140 g/mol. The Morgan fingerprint density at radius 2 is 2.10 bits per heavy atom. The second-order valence-corrected chi connectivity index (χ2v) is 2.91. The minimum Gasteiger partial charge on any atom is -0.469 e. The molecular formula is C7H13BO2. The fourth-order valence-corrected chi connectivity index (χ4v) is 0.739. The number of carbonyl (C=O) groups excluding carboxylic acids is 1. The lowest BCUT2D eigenvalue weighted by Crippen LogP contribution is -2.25. The summed E-state index contributed by atoms with van der Waals surface area (Å²) in [7, 11) is 6.69. The fourth-order valence-electron chi connectivity index (χ4n) is 0.739. The molecule has 0 atom stereocenters. The lowest BCUT2D eigenvalue weighted by Gasteiger charge is -2.19. The number of rotatable bonds is 3. The Bertz CT molecular complexity index is 121. The number of hydrogen-bond donors (Lipinski definition) is 0. The van der Waals surface area contributed by atoms with Gasteiger partial charge in [-0.15, -0.1) is 0 Å². The molecule has 0 aliphatic heterocycles. The number of carbonyl (C=O) groups is 1. The largest absolute Gasteiger partial charge is 0.469 e. The van der Waals surface area contributed by atoms with Gasteiger partial charge in [0.1, 0.15) is 0 Å². The Labute approximate surface area is 63.4 Å². The smallest absolute Gasteiger partial charge is 0.311 e. The molecule has 0 unspecified atom stereocenters. The monoisotopic (exact) mass is 140 g/mol. The molecule has 0 aliphatic rings. The molecule has 2 nitrogen and oxygen atoms in total. The van der Waals surface area contributed by atoms with Crippen molar-refractivity contribution >= 4 is 13.8 Å². The van der Waals surface area contributed by atoms with Crippen molar-refractivity contribution in [3.63, 3.8) is 0 Å². The average Bonchev–Trinajstić information content (AvgIpc) is 1.86. The van der Waals surface area contributed by atoms with Crippen LogP contribution in [0.5, 0.6) is 0 Å². The van der Waals surface area contributed by atoms with E-state index in [1.54, 1.807) is 0 Å². The van der Waals surface area contributed by atoms with Gasteiger partial charge >= 0.3 is 5.97 Å². The first-order valence-corrected chi connectivity index (χ1v) is 3.33. The summed E-state index contributed by atoms with van der Waals surface area (Å²) in [6, 6.07) is 0. The highest BCUT2D eigenvalue weighted by Gasteiger charge is 2.26. The van der Waals surface area contributed by atoms with E-state index in [-0.39, 0.29) is 5.97 Å². The van der Waals surface area contributed by atoms with Gasteiger partial charge < -0.3 is 4.74 Å². The summed E-state index contributed by atoms with van der Waals surface area (Å²) in [5.74, 6) is -0.196. The van der Waals surface area contributed by atoms with Crippen LogP contribution in [0.3, 0.4) is 0 Å². The number of esters is 1. The molecule has 0 saturated heterocycles. The molecule has 0 fully saturated rings. The van der Waals surface area contributed by atoms with Gasteiger partial charge in [-0.3, -0.25) is 4.79 Å². The number of ether oxygens (including phenoxy) is 1. The minimum atomic E-state index is -0.427. The lowest BCUT2D eigenvalue weighted by atomic mass is 9.83. The summed E-state index contributed by atoms with van der Waals surface area (Å²) in [6.07, 6.45) is 1.18. The lowest BCUT2D eigenvalue weighted by molar-refractivity contribution is -0.150. The molecule has 10 heavy (non-hydrogen) atoms. The molecule has 0 bridgehead atoms. The van der Waals surface area contributed by atoms with Gasteiger partial charge in [0.25, 0.3) is 0 Å². The Hall–Kier alpha value is -0.465. The van der Waals surface area contributed by atoms with Crippen molar-refractivity contribution in [2.45, 2.75) is 26.6 Å². The zero-order chi connectivity index (χ0) is 8.20. The van der Waals surface area contributed by atoms with Gasteiger partial charge in [0.15, 0.2) is 0 Å². The van der Waals surface area contributed by atoms with E-state index in [1.807, 2.05) is 13.8 Å². The fraction of sp³-hybridized carbons (Fsp3) is 0.857. The van der Waals surface area contributed by atoms with Crippen LogP contribution < -0.4 is 0 Å². The maximum absolute atomic E-state index is 10.9. The molecule has 0 heterocycles. The molecule has 2 radical (unpaired) electrons. The Balaban J connectivity index is 3.96. The molecule has 0 rings (SSSR count). The minimum absolute atomic E-state index is 0.196. The van der Waals surface area contributed by atoms with Crippen LogP contribution in [0.2, 0.25) is 6.32 Å². The Morgan fingerprint density at radius 3 is 2.40 bits per heavy atom. The van der Waals surface area contributed by atoms with Crippen LogP contribution in [0, 0.1) is 5.41 Å². The highest BCUT2D eigenvalue weighted by atomic mass is 16.5. The summed E-state index contributed by atoms with van der Waals surface area (Å²) >= 11 is 0. The van der Waals surface area contributed by atoms with E-state index in [9.17, 15) is 4.79 Å². The van der Waals surface area contributed by atoms with Crippen LogP contribution in [0.4, 0.5) is 0 Å². The Morgan fingerprint density at radius 1 is 1.60 bits per heavy atom. The van der Waals surface area contributed by atoms with Crippen LogP contribution in [0.1, 0.15) is 20.3 Å². The van der Waals surface area contributed by atoms with E-state index in [0.29, 0.717) is 12.7 Å². The zero-order valence-corrected chi connectivity index (χ0v) is 6.81. The highest BCUT2D eigenvalue weighted by molar-refractivity contribution is 6.08. The van der Waals surface area contributed by atoms with Gasteiger partial charge in [0.2, 0.25) is 0 Å². The van der Waals surface area contributed by atoms with Crippen molar-refractivity contribution < 1.29 is 9.53 Å². The van der Waals surface area contributed by atoms with Gasteiger partial charge in [0, 0.05) is 0 Å².